The maximum Gasteiger partial charge on any atom is 0.0221 e. The topological polar surface area (TPSA) is 15.3 Å². The van der Waals surface area contributed by atoms with Crippen LogP contribution in [0.2, 0.25) is 0 Å². The van der Waals surface area contributed by atoms with Crippen molar-refractivity contribution < 1.29 is 0 Å². The summed E-state index contributed by atoms with van der Waals surface area (Å²) in [6.07, 6.45) is 3.46. The van der Waals surface area contributed by atoms with Crippen molar-refractivity contribution in [1.29, 1.82) is 0 Å². The molecule has 1 N–H and O–H groups in total. The highest BCUT2D eigenvalue weighted by atomic mass is 32.2. The fraction of sp³-hybridized carbons (Fsp3) is 1.00. The van der Waals surface area contributed by atoms with E-state index in [2.05, 4.69) is 30.3 Å². The molecule has 0 radical (unpaired) electrons. The van der Waals surface area contributed by atoms with Crippen molar-refractivity contribution in [1.82, 2.24) is 10.2 Å². The number of hydrogen-bond donors (Lipinski definition) is 1. The quantitative estimate of drug-likeness (QED) is 0.742. The van der Waals surface area contributed by atoms with E-state index in [-0.39, 0.29) is 0 Å². The van der Waals surface area contributed by atoms with Gasteiger partial charge in [0.15, 0.2) is 0 Å². The van der Waals surface area contributed by atoms with E-state index in [1.54, 1.807) is 0 Å². The molecule has 1 fully saturated rings. The molecule has 0 saturated carbocycles. The first-order valence-electron chi connectivity index (χ1n) is 5.25. The highest BCUT2D eigenvalue weighted by Crippen LogP contribution is 2.13. The highest BCUT2D eigenvalue weighted by molar-refractivity contribution is 7.98. The van der Waals surface area contributed by atoms with Crippen molar-refractivity contribution in [2.24, 2.45) is 0 Å². The van der Waals surface area contributed by atoms with Gasteiger partial charge in [0.1, 0.15) is 0 Å². The first kappa shape index (κ1) is 11.3. The van der Waals surface area contributed by atoms with E-state index in [1.807, 2.05) is 11.8 Å². The minimum Gasteiger partial charge on any atom is -0.314 e. The molecule has 1 aliphatic rings. The lowest BCUT2D eigenvalue weighted by atomic mass is 10.1. The number of nitrogens with zero attached hydrogens (tertiary/aromatic N) is 1. The Morgan fingerprint density at radius 3 is 3.00 bits per heavy atom. The zero-order valence-electron chi connectivity index (χ0n) is 9.05. The first-order chi connectivity index (χ1) is 6.29. The molecule has 2 unspecified atom stereocenters. The predicted octanol–water partition coefficient (Wildman–Crippen LogP) is 1.42. The smallest absolute Gasteiger partial charge is 0.0221 e. The molecule has 0 aromatic rings. The molecule has 0 aliphatic carbocycles. The van der Waals surface area contributed by atoms with Crippen LogP contribution >= 0.6 is 11.8 Å². The van der Waals surface area contributed by atoms with E-state index < -0.39 is 0 Å². The Bertz CT molecular complexity index is 141. The third kappa shape index (κ3) is 3.15. The molecule has 0 bridgehead atoms. The summed E-state index contributed by atoms with van der Waals surface area (Å²) in [7, 11) is 0. The van der Waals surface area contributed by atoms with Crippen molar-refractivity contribution in [2.75, 3.05) is 31.6 Å². The molecule has 0 spiro atoms. The van der Waals surface area contributed by atoms with Crippen LogP contribution in [0.25, 0.3) is 0 Å². The van der Waals surface area contributed by atoms with Gasteiger partial charge >= 0.3 is 0 Å². The van der Waals surface area contributed by atoms with Crippen molar-refractivity contribution in [3.8, 4) is 0 Å². The summed E-state index contributed by atoms with van der Waals surface area (Å²) in [6.45, 7) is 8.20. The first-order valence-corrected chi connectivity index (χ1v) is 6.64. The summed E-state index contributed by atoms with van der Waals surface area (Å²) >= 11 is 1.95. The molecule has 78 valence electrons. The van der Waals surface area contributed by atoms with E-state index in [0.29, 0.717) is 0 Å². The van der Waals surface area contributed by atoms with Crippen LogP contribution in [0.3, 0.4) is 0 Å². The average molecular weight is 202 g/mol. The molecular weight excluding hydrogens is 180 g/mol. The predicted molar refractivity (Wildman–Crippen MR) is 61.5 cm³/mol. The Balaban J connectivity index is 2.43. The normalized spacial score (nSPS) is 27.5. The molecule has 1 saturated heterocycles. The maximum atomic E-state index is 3.46. The van der Waals surface area contributed by atoms with Gasteiger partial charge in [-0.3, -0.25) is 4.90 Å². The van der Waals surface area contributed by atoms with Crippen LogP contribution in [0.5, 0.6) is 0 Å². The second kappa shape index (κ2) is 5.89. The van der Waals surface area contributed by atoms with Crippen molar-refractivity contribution in [2.45, 2.75) is 32.4 Å². The van der Waals surface area contributed by atoms with Gasteiger partial charge in [-0.05, 0) is 19.6 Å². The fourth-order valence-electron chi connectivity index (χ4n) is 2.07. The number of piperazine rings is 1. The standard InChI is InChI=1S/C10H22N2S/c1-4-10-7-11-5-6-12(10)9(2)8-13-3/h9-11H,4-8H2,1-3H3. The van der Waals surface area contributed by atoms with Crippen LogP contribution in [0.15, 0.2) is 0 Å². The summed E-state index contributed by atoms with van der Waals surface area (Å²) < 4.78 is 0. The molecule has 3 heteroatoms. The molecular formula is C10H22N2S. The molecule has 0 amide bonds. The summed E-state index contributed by atoms with van der Waals surface area (Å²) in [5.74, 6) is 1.26. The summed E-state index contributed by atoms with van der Waals surface area (Å²) in [6, 6.07) is 1.50. The Labute approximate surface area is 86.5 Å². The van der Waals surface area contributed by atoms with E-state index in [0.717, 1.165) is 18.6 Å². The zero-order chi connectivity index (χ0) is 9.68. The lowest BCUT2D eigenvalue weighted by Crippen LogP contribution is -2.54. The van der Waals surface area contributed by atoms with E-state index in [1.165, 1.54) is 25.3 Å². The SMILES string of the molecule is CCC1CNCCN1C(C)CSC. The van der Waals surface area contributed by atoms with Gasteiger partial charge < -0.3 is 5.32 Å². The lowest BCUT2D eigenvalue weighted by Gasteiger charge is -2.39. The largest absolute Gasteiger partial charge is 0.314 e. The van der Waals surface area contributed by atoms with Gasteiger partial charge in [-0.15, -0.1) is 0 Å². The minimum atomic E-state index is 0.738. The van der Waals surface area contributed by atoms with Gasteiger partial charge in [-0.2, -0.15) is 11.8 Å². The van der Waals surface area contributed by atoms with Crippen LogP contribution < -0.4 is 5.32 Å². The molecule has 0 aromatic carbocycles. The maximum absolute atomic E-state index is 3.46. The molecule has 1 aliphatic heterocycles. The van der Waals surface area contributed by atoms with E-state index >= 15 is 0 Å². The Morgan fingerprint density at radius 2 is 2.38 bits per heavy atom. The van der Waals surface area contributed by atoms with Crippen LogP contribution in [0.4, 0.5) is 0 Å². The molecule has 13 heavy (non-hydrogen) atoms. The number of nitrogens with one attached hydrogen (secondary N) is 1. The third-order valence-electron chi connectivity index (χ3n) is 2.84. The third-order valence-corrected chi connectivity index (χ3v) is 3.66. The Morgan fingerprint density at radius 1 is 1.62 bits per heavy atom. The van der Waals surface area contributed by atoms with Crippen LogP contribution in [0, 0.1) is 0 Å². The molecule has 0 aromatic heterocycles. The Hall–Kier alpha value is 0.270. The molecule has 2 nitrogen and oxygen atoms in total. The van der Waals surface area contributed by atoms with Crippen LogP contribution in [-0.2, 0) is 0 Å². The molecule has 1 heterocycles. The summed E-state index contributed by atoms with van der Waals surface area (Å²) in [5, 5.41) is 3.46. The zero-order valence-corrected chi connectivity index (χ0v) is 9.86. The monoisotopic (exact) mass is 202 g/mol. The highest BCUT2D eigenvalue weighted by Gasteiger charge is 2.24. The Kier molecular flexibility index (Phi) is 5.14. The fourth-order valence-corrected chi connectivity index (χ4v) is 2.75. The number of hydrogen-bond acceptors (Lipinski definition) is 3. The second-order valence-electron chi connectivity index (χ2n) is 3.81. The summed E-state index contributed by atoms with van der Waals surface area (Å²) in [5.41, 5.74) is 0. The minimum absolute atomic E-state index is 0.738. The van der Waals surface area contributed by atoms with E-state index in [9.17, 15) is 0 Å². The van der Waals surface area contributed by atoms with Crippen LogP contribution in [-0.4, -0.2) is 48.6 Å². The second-order valence-corrected chi connectivity index (χ2v) is 4.72. The van der Waals surface area contributed by atoms with E-state index in [4.69, 9.17) is 0 Å². The molecule has 2 atom stereocenters. The van der Waals surface area contributed by atoms with Gasteiger partial charge in [0.05, 0.1) is 0 Å². The van der Waals surface area contributed by atoms with Crippen molar-refractivity contribution in [3.05, 3.63) is 0 Å². The van der Waals surface area contributed by atoms with Gasteiger partial charge in [0.2, 0.25) is 0 Å². The molecule has 1 rings (SSSR count). The average Bonchev–Trinajstić information content (AvgIpc) is 2.18. The number of rotatable bonds is 4. The van der Waals surface area contributed by atoms with Gasteiger partial charge in [-0.1, -0.05) is 6.92 Å². The summed E-state index contributed by atoms with van der Waals surface area (Å²) in [4.78, 5) is 2.66. The number of thioether (sulfide) groups is 1. The van der Waals surface area contributed by atoms with Gasteiger partial charge in [0, 0.05) is 37.5 Å². The lowest BCUT2D eigenvalue weighted by molar-refractivity contribution is 0.123. The van der Waals surface area contributed by atoms with Crippen molar-refractivity contribution in [3.63, 3.8) is 0 Å². The van der Waals surface area contributed by atoms with Crippen LogP contribution in [0.1, 0.15) is 20.3 Å². The van der Waals surface area contributed by atoms with Gasteiger partial charge in [0.25, 0.3) is 0 Å². The van der Waals surface area contributed by atoms with Crippen molar-refractivity contribution >= 4 is 11.8 Å². The van der Waals surface area contributed by atoms with Gasteiger partial charge in [-0.25, -0.2) is 0 Å².